The monoisotopic (exact) mass is 253 g/mol. The van der Waals surface area contributed by atoms with Crippen molar-refractivity contribution >= 4 is 0 Å². The van der Waals surface area contributed by atoms with Gasteiger partial charge >= 0.3 is 0 Å². The standard InChI is InChI=1S/C13H23N3O2/c1-10(2)16-9-15-7-12(16)6-14-8-13(17)4-5-18-11(13)3/h7,9-11,14,17H,4-6,8H2,1-3H3. The second kappa shape index (κ2) is 5.38. The lowest BCUT2D eigenvalue weighted by Crippen LogP contribution is -2.45. The van der Waals surface area contributed by atoms with Crippen LogP contribution >= 0.6 is 0 Å². The fraction of sp³-hybridized carbons (Fsp3) is 0.769. The van der Waals surface area contributed by atoms with E-state index in [0.717, 1.165) is 5.69 Å². The van der Waals surface area contributed by atoms with E-state index in [1.54, 1.807) is 0 Å². The molecule has 1 fully saturated rings. The van der Waals surface area contributed by atoms with Crippen molar-refractivity contribution in [1.82, 2.24) is 14.9 Å². The van der Waals surface area contributed by atoms with Gasteiger partial charge in [-0.3, -0.25) is 0 Å². The predicted octanol–water partition coefficient (Wildman–Crippen LogP) is 1.09. The molecule has 5 nitrogen and oxygen atoms in total. The lowest BCUT2D eigenvalue weighted by Gasteiger charge is -2.26. The third kappa shape index (κ3) is 2.74. The zero-order chi connectivity index (χ0) is 13.2. The lowest BCUT2D eigenvalue weighted by atomic mass is 9.97. The number of nitrogens with one attached hydrogen (secondary N) is 1. The Morgan fingerprint density at radius 1 is 1.67 bits per heavy atom. The van der Waals surface area contributed by atoms with Crippen molar-refractivity contribution in [3.05, 3.63) is 18.2 Å². The van der Waals surface area contributed by atoms with E-state index in [9.17, 15) is 5.11 Å². The van der Waals surface area contributed by atoms with Crippen LogP contribution in [-0.4, -0.2) is 39.5 Å². The van der Waals surface area contributed by atoms with Gasteiger partial charge in [-0.2, -0.15) is 0 Å². The summed E-state index contributed by atoms with van der Waals surface area (Å²) in [7, 11) is 0. The maximum Gasteiger partial charge on any atom is 0.105 e. The first-order valence-corrected chi connectivity index (χ1v) is 6.58. The first-order valence-electron chi connectivity index (χ1n) is 6.58. The highest BCUT2D eigenvalue weighted by Crippen LogP contribution is 2.24. The molecule has 0 bridgehead atoms. The quantitative estimate of drug-likeness (QED) is 0.825. The molecule has 0 amide bonds. The van der Waals surface area contributed by atoms with Gasteiger partial charge in [0.05, 0.1) is 18.1 Å². The van der Waals surface area contributed by atoms with Gasteiger partial charge in [-0.1, -0.05) is 0 Å². The molecule has 2 rings (SSSR count). The second-order valence-electron chi connectivity index (χ2n) is 5.36. The van der Waals surface area contributed by atoms with E-state index < -0.39 is 5.60 Å². The summed E-state index contributed by atoms with van der Waals surface area (Å²) in [5.41, 5.74) is 0.406. The van der Waals surface area contributed by atoms with Gasteiger partial charge in [0.2, 0.25) is 0 Å². The number of ether oxygens (including phenoxy) is 1. The summed E-state index contributed by atoms with van der Waals surface area (Å²) in [6, 6.07) is 0.404. The maximum atomic E-state index is 10.4. The van der Waals surface area contributed by atoms with Gasteiger partial charge in [-0.05, 0) is 20.8 Å². The number of hydrogen-bond acceptors (Lipinski definition) is 4. The Bertz CT molecular complexity index is 391. The fourth-order valence-electron chi connectivity index (χ4n) is 2.34. The molecule has 1 aliphatic rings. The summed E-state index contributed by atoms with van der Waals surface area (Å²) in [5, 5.41) is 13.7. The number of nitrogens with zero attached hydrogens (tertiary/aromatic N) is 2. The normalized spacial score (nSPS) is 28.2. The highest BCUT2D eigenvalue weighted by molar-refractivity contribution is 5.00. The van der Waals surface area contributed by atoms with Crippen molar-refractivity contribution in [1.29, 1.82) is 0 Å². The summed E-state index contributed by atoms with van der Waals surface area (Å²) in [4.78, 5) is 4.16. The molecule has 102 valence electrons. The first kappa shape index (κ1) is 13.5. The number of rotatable bonds is 5. The Hall–Kier alpha value is -0.910. The largest absolute Gasteiger partial charge is 0.386 e. The first-order chi connectivity index (χ1) is 8.53. The predicted molar refractivity (Wildman–Crippen MR) is 69.3 cm³/mol. The minimum Gasteiger partial charge on any atom is -0.386 e. The Morgan fingerprint density at radius 2 is 2.44 bits per heavy atom. The zero-order valence-corrected chi connectivity index (χ0v) is 11.4. The third-order valence-corrected chi connectivity index (χ3v) is 3.70. The van der Waals surface area contributed by atoms with E-state index in [4.69, 9.17) is 4.74 Å². The van der Waals surface area contributed by atoms with Crippen molar-refractivity contribution in [2.45, 2.75) is 51.5 Å². The molecule has 0 saturated carbocycles. The van der Waals surface area contributed by atoms with E-state index in [0.29, 0.717) is 32.2 Å². The van der Waals surface area contributed by atoms with Gasteiger partial charge in [0.15, 0.2) is 0 Å². The molecule has 0 aromatic carbocycles. The molecule has 1 aromatic rings. The molecule has 2 N–H and O–H groups in total. The van der Waals surface area contributed by atoms with E-state index in [1.807, 2.05) is 19.4 Å². The van der Waals surface area contributed by atoms with Crippen LogP contribution in [0.2, 0.25) is 0 Å². The molecule has 2 unspecified atom stereocenters. The molecular weight excluding hydrogens is 230 g/mol. The van der Waals surface area contributed by atoms with E-state index >= 15 is 0 Å². The summed E-state index contributed by atoms with van der Waals surface area (Å²) in [5.74, 6) is 0. The minimum absolute atomic E-state index is 0.0972. The summed E-state index contributed by atoms with van der Waals surface area (Å²) in [6.07, 6.45) is 4.31. The molecule has 2 heterocycles. The van der Waals surface area contributed by atoms with Crippen molar-refractivity contribution in [3.63, 3.8) is 0 Å². The van der Waals surface area contributed by atoms with Crippen molar-refractivity contribution in [2.24, 2.45) is 0 Å². The molecule has 1 aliphatic heterocycles. The SMILES string of the molecule is CC(C)n1cncc1CNCC1(O)CCOC1C. The van der Waals surface area contributed by atoms with Gasteiger partial charge in [-0.25, -0.2) is 4.98 Å². The number of aliphatic hydroxyl groups is 1. The summed E-state index contributed by atoms with van der Waals surface area (Å²) < 4.78 is 7.54. The van der Waals surface area contributed by atoms with Gasteiger partial charge < -0.3 is 19.7 Å². The Balaban J connectivity index is 1.87. The van der Waals surface area contributed by atoms with Crippen LogP contribution in [0.25, 0.3) is 0 Å². The van der Waals surface area contributed by atoms with Crippen molar-refractivity contribution in [2.75, 3.05) is 13.2 Å². The molecule has 1 aromatic heterocycles. The molecule has 0 spiro atoms. The highest BCUT2D eigenvalue weighted by atomic mass is 16.5. The topological polar surface area (TPSA) is 59.3 Å². The molecule has 0 radical (unpaired) electrons. The average Bonchev–Trinajstić information content (AvgIpc) is 2.88. The Kier molecular flexibility index (Phi) is 4.04. The van der Waals surface area contributed by atoms with Gasteiger partial charge in [0.1, 0.15) is 5.60 Å². The second-order valence-corrected chi connectivity index (χ2v) is 5.36. The summed E-state index contributed by atoms with van der Waals surface area (Å²) in [6.45, 7) is 8.10. The zero-order valence-electron chi connectivity index (χ0n) is 11.4. The lowest BCUT2D eigenvalue weighted by molar-refractivity contribution is -0.0263. The van der Waals surface area contributed by atoms with Gasteiger partial charge in [-0.15, -0.1) is 0 Å². The summed E-state index contributed by atoms with van der Waals surface area (Å²) >= 11 is 0. The fourth-order valence-corrected chi connectivity index (χ4v) is 2.34. The highest BCUT2D eigenvalue weighted by Gasteiger charge is 2.38. The van der Waals surface area contributed by atoms with Crippen molar-refractivity contribution < 1.29 is 9.84 Å². The van der Waals surface area contributed by atoms with Gasteiger partial charge in [0.25, 0.3) is 0 Å². The smallest absolute Gasteiger partial charge is 0.105 e. The number of aromatic nitrogens is 2. The van der Waals surface area contributed by atoms with Crippen molar-refractivity contribution in [3.8, 4) is 0 Å². The minimum atomic E-state index is -0.733. The van der Waals surface area contributed by atoms with Crippen LogP contribution in [0.3, 0.4) is 0 Å². The third-order valence-electron chi connectivity index (χ3n) is 3.70. The molecule has 18 heavy (non-hydrogen) atoms. The Morgan fingerprint density at radius 3 is 3.06 bits per heavy atom. The Labute approximate surface area is 108 Å². The molecule has 2 atom stereocenters. The van der Waals surface area contributed by atoms with Crippen LogP contribution in [-0.2, 0) is 11.3 Å². The van der Waals surface area contributed by atoms with Crippen LogP contribution in [0, 0.1) is 0 Å². The van der Waals surface area contributed by atoms with Crippen LogP contribution in [0.4, 0.5) is 0 Å². The van der Waals surface area contributed by atoms with Crippen LogP contribution in [0.5, 0.6) is 0 Å². The molecule has 5 heteroatoms. The molecular formula is C13H23N3O2. The molecule has 1 saturated heterocycles. The molecule has 0 aliphatic carbocycles. The van der Waals surface area contributed by atoms with Crippen LogP contribution < -0.4 is 5.32 Å². The number of imidazole rings is 1. The van der Waals surface area contributed by atoms with Crippen LogP contribution in [0.1, 0.15) is 38.9 Å². The van der Waals surface area contributed by atoms with E-state index in [1.165, 1.54) is 0 Å². The number of hydrogen-bond donors (Lipinski definition) is 2. The van der Waals surface area contributed by atoms with E-state index in [-0.39, 0.29) is 6.10 Å². The average molecular weight is 253 g/mol. The van der Waals surface area contributed by atoms with Gasteiger partial charge in [0, 0.05) is 38.4 Å². The van der Waals surface area contributed by atoms with Crippen LogP contribution in [0.15, 0.2) is 12.5 Å². The maximum absolute atomic E-state index is 10.4. The van der Waals surface area contributed by atoms with E-state index in [2.05, 4.69) is 28.7 Å².